The van der Waals surface area contributed by atoms with Crippen LogP contribution >= 0.6 is 0 Å². The van der Waals surface area contributed by atoms with Crippen LogP contribution in [0.1, 0.15) is 172 Å². The molecule has 1 atom stereocenters. The number of ether oxygens (including phenoxy) is 4. The number of carbonyl (C=O) groups is 2. The highest BCUT2D eigenvalue weighted by atomic mass is 16.6. The average Bonchev–Trinajstić information content (AvgIpc) is 3.20. The molecule has 2 fully saturated rings. The fourth-order valence-corrected chi connectivity index (χ4v) is 7.76. The smallest absolute Gasteiger partial charge is 0.338 e. The van der Waals surface area contributed by atoms with E-state index >= 15 is 0 Å². The van der Waals surface area contributed by atoms with Gasteiger partial charge in [-0.3, -0.25) is 0 Å². The lowest BCUT2D eigenvalue weighted by atomic mass is 9.82. The third-order valence-corrected chi connectivity index (χ3v) is 11.1. The topological polar surface area (TPSA) is 71.1 Å². The Morgan fingerprint density at radius 1 is 0.558 bits per heavy atom. The summed E-state index contributed by atoms with van der Waals surface area (Å²) in [5, 5.41) is 0. The Hall–Kier alpha value is -3.48. The first kappa shape index (κ1) is 39.7. The van der Waals surface area contributed by atoms with Gasteiger partial charge in [0.15, 0.2) is 6.10 Å². The van der Waals surface area contributed by atoms with Crippen LogP contribution < -0.4 is 0 Å². The molecule has 0 radical (unpaired) electrons. The van der Waals surface area contributed by atoms with Crippen molar-refractivity contribution in [2.45, 2.75) is 147 Å². The van der Waals surface area contributed by atoms with Crippen LogP contribution in [0.2, 0.25) is 0 Å². The van der Waals surface area contributed by atoms with E-state index in [0.717, 1.165) is 83.0 Å². The number of carbonyl (C=O) groups excluding carboxylic acids is 2. The predicted molar refractivity (Wildman–Crippen MR) is 208 cm³/mol. The van der Waals surface area contributed by atoms with Crippen molar-refractivity contribution in [1.29, 1.82) is 0 Å². The number of rotatable bonds is 20. The van der Waals surface area contributed by atoms with E-state index in [2.05, 4.69) is 38.1 Å². The first-order valence-corrected chi connectivity index (χ1v) is 20.4. The van der Waals surface area contributed by atoms with E-state index in [-0.39, 0.29) is 6.61 Å². The van der Waals surface area contributed by atoms with Crippen molar-refractivity contribution in [1.82, 2.24) is 0 Å². The van der Waals surface area contributed by atoms with Crippen molar-refractivity contribution < 1.29 is 28.5 Å². The lowest BCUT2D eigenvalue weighted by Gasteiger charge is -2.29. The van der Waals surface area contributed by atoms with Crippen molar-refractivity contribution >= 4 is 11.9 Å². The SMILES string of the molecule is CCCCCCOC1CCC(c2ccc(C(=O)OCC(OC(=O)c3ccc(C4CCC(OCCCCCC)CC4)cc3)c3ccccc3)cc2)CC1. The van der Waals surface area contributed by atoms with Gasteiger partial charge in [0, 0.05) is 13.2 Å². The summed E-state index contributed by atoms with van der Waals surface area (Å²) >= 11 is 0. The minimum absolute atomic E-state index is 0.0687. The van der Waals surface area contributed by atoms with Gasteiger partial charge >= 0.3 is 11.9 Å². The van der Waals surface area contributed by atoms with Gasteiger partial charge < -0.3 is 18.9 Å². The molecule has 2 aliphatic carbocycles. The van der Waals surface area contributed by atoms with Gasteiger partial charge in [0.1, 0.15) is 6.61 Å². The summed E-state index contributed by atoms with van der Waals surface area (Å²) in [4.78, 5) is 26.5. The predicted octanol–water partition coefficient (Wildman–Crippen LogP) is 11.7. The molecule has 2 aliphatic rings. The Morgan fingerprint density at radius 3 is 1.48 bits per heavy atom. The van der Waals surface area contributed by atoms with Gasteiger partial charge in [-0.1, -0.05) is 107 Å². The van der Waals surface area contributed by atoms with Gasteiger partial charge in [-0.05, 0) is 117 Å². The highest BCUT2D eigenvalue weighted by Gasteiger charge is 2.26. The van der Waals surface area contributed by atoms with Gasteiger partial charge in [-0.2, -0.15) is 0 Å². The first-order valence-electron chi connectivity index (χ1n) is 20.4. The third-order valence-electron chi connectivity index (χ3n) is 11.1. The zero-order valence-electron chi connectivity index (χ0n) is 31.8. The number of benzene rings is 3. The Kier molecular flexibility index (Phi) is 16.7. The van der Waals surface area contributed by atoms with Gasteiger partial charge in [0.2, 0.25) is 0 Å². The summed E-state index contributed by atoms with van der Waals surface area (Å²) in [6.07, 6.45) is 18.7. The first-order chi connectivity index (χ1) is 25.5. The van der Waals surface area contributed by atoms with E-state index in [4.69, 9.17) is 18.9 Å². The molecule has 6 nitrogen and oxygen atoms in total. The molecule has 0 spiro atoms. The Morgan fingerprint density at radius 2 is 1.02 bits per heavy atom. The minimum atomic E-state index is -0.724. The second kappa shape index (κ2) is 21.9. The summed E-state index contributed by atoms with van der Waals surface area (Å²) < 4.78 is 24.0. The van der Waals surface area contributed by atoms with Crippen molar-refractivity contribution in [3.05, 3.63) is 107 Å². The molecule has 3 aromatic rings. The largest absolute Gasteiger partial charge is 0.458 e. The van der Waals surface area contributed by atoms with E-state index in [1.54, 1.807) is 0 Å². The molecule has 0 saturated heterocycles. The van der Waals surface area contributed by atoms with E-state index < -0.39 is 18.0 Å². The fourth-order valence-electron chi connectivity index (χ4n) is 7.76. The lowest BCUT2D eigenvalue weighted by molar-refractivity contribution is -0.00134. The molecule has 0 N–H and O–H groups in total. The van der Waals surface area contributed by atoms with E-state index in [1.807, 2.05) is 54.6 Å². The minimum Gasteiger partial charge on any atom is -0.458 e. The molecule has 0 amide bonds. The van der Waals surface area contributed by atoms with Crippen molar-refractivity contribution in [2.24, 2.45) is 0 Å². The van der Waals surface area contributed by atoms with Gasteiger partial charge in [-0.25, -0.2) is 9.59 Å². The average molecular weight is 711 g/mol. The Balaban J connectivity index is 1.08. The number of hydrogen-bond acceptors (Lipinski definition) is 6. The summed E-state index contributed by atoms with van der Waals surface area (Å²) in [7, 11) is 0. The normalized spacial score (nSPS) is 21.0. The molecular weight excluding hydrogens is 648 g/mol. The van der Waals surface area contributed by atoms with Crippen LogP contribution in [-0.2, 0) is 18.9 Å². The van der Waals surface area contributed by atoms with Crippen molar-refractivity contribution in [3.63, 3.8) is 0 Å². The molecule has 5 rings (SSSR count). The maximum Gasteiger partial charge on any atom is 0.338 e. The monoisotopic (exact) mass is 710 g/mol. The summed E-state index contributed by atoms with van der Waals surface area (Å²) in [6.45, 7) is 6.15. The lowest BCUT2D eigenvalue weighted by Crippen LogP contribution is -2.21. The zero-order chi connectivity index (χ0) is 36.4. The van der Waals surface area contributed by atoms with Crippen molar-refractivity contribution in [2.75, 3.05) is 19.8 Å². The number of hydrogen-bond donors (Lipinski definition) is 0. The molecule has 282 valence electrons. The number of unbranched alkanes of at least 4 members (excludes halogenated alkanes) is 6. The highest BCUT2D eigenvalue weighted by molar-refractivity contribution is 5.90. The molecule has 0 aliphatic heterocycles. The molecule has 1 unspecified atom stereocenters. The summed E-state index contributed by atoms with van der Waals surface area (Å²) in [5.41, 5.74) is 4.28. The molecular formula is C46H62O6. The Bertz CT molecular complexity index is 1440. The van der Waals surface area contributed by atoms with Crippen LogP contribution in [0.5, 0.6) is 0 Å². The summed E-state index contributed by atoms with van der Waals surface area (Å²) in [5.74, 6) is 0.109. The van der Waals surface area contributed by atoms with Crippen LogP contribution in [0.3, 0.4) is 0 Å². The van der Waals surface area contributed by atoms with Gasteiger partial charge in [0.25, 0.3) is 0 Å². The molecule has 0 bridgehead atoms. The molecule has 6 heteroatoms. The van der Waals surface area contributed by atoms with Crippen LogP contribution in [0.4, 0.5) is 0 Å². The van der Waals surface area contributed by atoms with Crippen LogP contribution in [0.15, 0.2) is 78.9 Å². The van der Waals surface area contributed by atoms with E-state index in [0.29, 0.717) is 35.2 Å². The van der Waals surface area contributed by atoms with Gasteiger partial charge in [0.05, 0.1) is 23.3 Å². The molecule has 52 heavy (non-hydrogen) atoms. The van der Waals surface area contributed by atoms with Crippen LogP contribution in [-0.4, -0.2) is 44.0 Å². The fraction of sp³-hybridized carbons (Fsp3) is 0.565. The number of esters is 2. The third kappa shape index (κ3) is 12.6. The molecule has 0 heterocycles. The van der Waals surface area contributed by atoms with Crippen molar-refractivity contribution in [3.8, 4) is 0 Å². The standard InChI is InChI=1S/C46H62O6/c1-3-5-7-12-32-49-42-28-24-37(25-29-42)35-16-20-40(21-17-35)45(47)51-34-44(39-14-10-9-11-15-39)52-46(48)41-22-18-36(19-23-41)38-26-30-43(31-27-38)50-33-13-8-6-4-2/h9-11,14-23,37-38,42-44H,3-8,12-13,24-34H2,1-2H3. The second-order valence-electron chi connectivity index (χ2n) is 15.0. The van der Waals surface area contributed by atoms with E-state index in [9.17, 15) is 9.59 Å². The van der Waals surface area contributed by atoms with Crippen LogP contribution in [0.25, 0.3) is 0 Å². The Labute approximate surface area is 313 Å². The summed E-state index contributed by atoms with van der Waals surface area (Å²) in [6, 6.07) is 25.1. The van der Waals surface area contributed by atoms with Crippen LogP contribution in [0, 0.1) is 0 Å². The quantitative estimate of drug-likeness (QED) is 0.0859. The molecule has 3 aromatic carbocycles. The highest BCUT2D eigenvalue weighted by Crippen LogP contribution is 2.36. The second-order valence-corrected chi connectivity index (χ2v) is 15.0. The maximum atomic E-state index is 13.4. The maximum absolute atomic E-state index is 13.4. The van der Waals surface area contributed by atoms with E-state index in [1.165, 1.54) is 49.7 Å². The zero-order valence-corrected chi connectivity index (χ0v) is 31.8. The molecule has 0 aromatic heterocycles. The van der Waals surface area contributed by atoms with Gasteiger partial charge in [-0.15, -0.1) is 0 Å². The molecule has 2 saturated carbocycles.